The van der Waals surface area contributed by atoms with E-state index < -0.39 is 15.9 Å². The molecule has 0 bridgehead atoms. The molecule has 1 fully saturated rings. The lowest BCUT2D eigenvalue weighted by Gasteiger charge is -2.12. The Kier molecular flexibility index (Phi) is 5.42. The van der Waals surface area contributed by atoms with Gasteiger partial charge in [-0.05, 0) is 43.5 Å². The van der Waals surface area contributed by atoms with E-state index in [-0.39, 0.29) is 29.8 Å². The Hall–Kier alpha value is -3.01. The Bertz CT molecular complexity index is 1170. The van der Waals surface area contributed by atoms with Crippen LogP contribution in [0.2, 0.25) is 0 Å². The van der Waals surface area contributed by atoms with E-state index in [1.54, 1.807) is 24.9 Å². The Morgan fingerprint density at radius 3 is 2.77 bits per heavy atom. The van der Waals surface area contributed by atoms with Gasteiger partial charge in [0, 0.05) is 18.1 Å². The van der Waals surface area contributed by atoms with E-state index in [9.17, 15) is 13.2 Å². The van der Waals surface area contributed by atoms with Gasteiger partial charge in [-0.3, -0.25) is 4.79 Å². The summed E-state index contributed by atoms with van der Waals surface area (Å²) in [6.45, 7) is 1.80. The highest BCUT2D eigenvalue weighted by Gasteiger charge is 2.30. The predicted octanol–water partition coefficient (Wildman–Crippen LogP) is 1.80. The topological polar surface area (TPSA) is 116 Å². The molecule has 158 valence electrons. The van der Waals surface area contributed by atoms with Crippen molar-refractivity contribution in [2.75, 3.05) is 18.6 Å². The zero-order valence-electron chi connectivity index (χ0n) is 16.8. The van der Waals surface area contributed by atoms with Crippen LogP contribution < -0.4 is 10.1 Å². The second-order valence-corrected chi connectivity index (χ2v) is 9.77. The van der Waals surface area contributed by atoms with Crippen molar-refractivity contribution in [1.82, 2.24) is 24.9 Å². The number of hydrogen-bond donors (Lipinski definition) is 1. The summed E-state index contributed by atoms with van der Waals surface area (Å²) in [5.74, 6) is 1.17. The zero-order valence-corrected chi connectivity index (χ0v) is 17.6. The summed E-state index contributed by atoms with van der Waals surface area (Å²) in [6.07, 6.45) is 2.32. The summed E-state index contributed by atoms with van der Waals surface area (Å²) < 4.78 is 29.9. The molecule has 1 amide bonds. The molecule has 1 aliphatic rings. The van der Waals surface area contributed by atoms with Gasteiger partial charge in [0.25, 0.3) is 0 Å². The summed E-state index contributed by atoms with van der Waals surface area (Å²) >= 11 is 0. The molecule has 3 heterocycles. The highest BCUT2D eigenvalue weighted by molar-refractivity contribution is 7.91. The normalized spacial score (nSPS) is 18.9. The van der Waals surface area contributed by atoms with Gasteiger partial charge in [-0.15, -0.1) is 5.10 Å². The second-order valence-electron chi connectivity index (χ2n) is 7.54. The van der Waals surface area contributed by atoms with E-state index in [4.69, 9.17) is 4.74 Å². The van der Waals surface area contributed by atoms with Crippen molar-refractivity contribution in [2.45, 2.75) is 25.8 Å². The monoisotopic (exact) mass is 429 g/mol. The van der Waals surface area contributed by atoms with Crippen LogP contribution in [0.1, 0.15) is 31.6 Å². The Morgan fingerprint density at radius 2 is 2.10 bits per heavy atom. The fraction of sp³-hybridized carbons (Fsp3) is 0.400. The maximum Gasteiger partial charge on any atom is 0.220 e. The first-order valence-electron chi connectivity index (χ1n) is 9.69. The number of amides is 1. The number of nitrogens with one attached hydrogen (secondary N) is 1. The minimum atomic E-state index is -2.99. The fourth-order valence-corrected chi connectivity index (χ4v) is 5.44. The molecule has 0 spiro atoms. The fourth-order valence-electron chi connectivity index (χ4n) is 3.58. The zero-order chi connectivity index (χ0) is 21.3. The lowest BCUT2D eigenvalue weighted by molar-refractivity contribution is -0.122. The van der Waals surface area contributed by atoms with Crippen molar-refractivity contribution in [2.24, 2.45) is 5.92 Å². The number of hydrogen-bond acceptors (Lipinski definition) is 7. The van der Waals surface area contributed by atoms with Crippen LogP contribution in [-0.4, -0.2) is 52.5 Å². The first-order valence-corrected chi connectivity index (χ1v) is 11.5. The quantitative estimate of drug-likeness (QED) is 0.635. The molecule has 2 aromatic heterocycles. The Balaban J connectivity index is 1.45. The molecule has 1 aromatic carbocycles. The standard InChI is InChI=1S/C20H23N5O4S/c1-13(22-19(26)9-14-7-8-30(27,28)11-14)20-23-18-10-17(21-12-25(18)24-20)15-3-5-16(29-2)6-4-15/h3-6,10,12-14H,7-9,11H2,1-2H3,(H,22,26)/t13-,14-/m0/s1. The van der Waals surface area contributed by atoms with Crippen LogP contribution in [-0.2, 0) is 14.6 Å². The molecule has 1 saturated heterocycles. The van der Waals surface area contributed by atoms with Crippen LogP contribution in [0.5, 0.6) is 5.75 Å². The van der Waals surface area contributed by atoms with E-state index in [0.29, 0.717) is 17.9 Å². The minimum absolute atomic E-state index is 0.0845. The van der Waals surface area contributed by atoms with Crippen LogP contribution >= 0.6 is 0 Å². The van der Waals surface area contributed by atoms with Crippen molar-refractivity contribution in [3.05, 3.63) is 42.5 Å². The third-order valence-electron chi connectivity index (χ3n) is 5.20. The molecule has 0 saturated carbocycles. The molecule has 1 aliphatic heterocycles. The highest BCUT2D eigenvalue weighted by atomic mass is 32.2. The number of benzene rings is 1. The van der Waals surface area contributed by atoms with E-state index in [1.165, 1.54) is 0 Å². The number of carbonyl (C=O) groups is 1. The van der Waals surface area contributed by atoms with Gasteiger partial charge in [-0.2, -0.15) is 0 Å². The number of rotatable bonds is 6. The number of sulfone groups is 1. The smallest absolute Gasteiger partial charge is 0.220 e. The van der Waals surface area contributed by atoms with E-state index in [0.717, 1.165) is 17.0 Å². The average molecular weight is 430 g/mol. The predicted molar refractivity (Wildman–Crippen MR) is 111 cm³/mol. The van der Waals surface area contributed by atoms with Crippen LogP contribution in [0, 0.1) is 5.92 Å². The van der Waals surface area contributed by atoms with Gasteiger partial charge >= 0.3 is 0 Å². The third kappa shape index (κ3) is 4.43. The number of aromatic nitrogens is 4. The molecule has 0 unspecified atom stereocenters. The molecule has 30 heavy (non-hydrogen) atoms. The van der Waals surface area contributed by atoms with Crippen molar-refractivity contribution in [3.63, 3.8) is 0 Å². The van der Waals surface area contributed by atoms with Crippen LogP contribution in [0.3, 0.4) is 0 Å². The van der Waals surface area contributed by atoms with Crippen molar-refractivity contribution < 1.29 is 17.9 Å². The lowest BCUT2D eigenvalue weighted by Crippen LogP contribution is -2.29. The SMILES string of the molecule is COc1ccc(-c2cc3nc([C@H](C)NC(=O)C[C@@H]4CCS(=O)(=O)C4)nn3cn2)cc1. The number of methoxy groups -OCH3 is 1. The summed E-state index contributed by atoms with van der Waals surface area (Å²) in [6, 6.07) is 8.99. The molecule has 4 rings (SSSR count). The van der Waals surface area contributed by atoms with Gasteiger partial charge in [0.1, 0.15) is 12.1 Å². The summed E-state index contributed by atoms with van der Waals surface area (Å²) in [5.41, 5.74) is 2.30. The van der Waals surface area contributed by atoms with Crippen LogP contribution in [0.4, 0.5) is 0 Å². The molecular weight excluding hydrogens is 406 g/mol. The molecule has 3 aromatic rings. The van der Waals surface area contributed by atoms with Gasteiger partial charge in [0.2, 0.25) is 5.91 Å². The molecule has 10 heteroatoms. The van der Waals surface area contributed by atoms with E-state index in [2.05, 4.69) is 20.4 Å². The second kappa shape index (κ2) is 8.02. The Labute approximate surface area is 174 Å². The van der Waals surface area contributed by atoms with Crippen LogP contribution in [0.15, 0.2) is 36.7 Å². The highest BCUT2D eigenvalue weighted by Crippen LogP contribution is 2.23. The molecule has 1 N–H and O–H groups in total. The molecule has 0 radical (unpaired) electrons. The van der Waals surface area contributed by atoms with Gasteiger partial charge in [0.05, 0.1) is 30.4 Å². The van der Waals surface area contributed by atoms with Gasteiger partial charge in [-0.25, -0.2) is 22.9 Å². The van der Waals surface area contributed by atoms with E-state index >= 15 is 0 Å². The molecule has 9 nitrogen and oxygen atoms in total. The number of carbonyl (C=O) groups excluding carboxylic acids is 1. The molecule has 2 atom stereocenters. The third-order valence-corrected chi connectivity index (χ3v) is 7.03. The first kappa shape index (κ1) is 20.3. The van der Waals surface area contributed by atoms with Gasteiger partial charge in [-0.1, -0.05) is 0 Å². The van der Waals surface area contributed by atoms with Crippen molar-refractivity contribution in [1.29, 1.82) is 0 Å². The summed E-state index contributed by atoms with van der Waals surface area (Å²) in [5, 5.41) is 7.26. The van der Waals surface area contributed by atoms with E-state index in [1.807, 2.05) is 30.3 Å². The number of ether oxygens (including phenoxy) is 1. The first-order chi connectivity index (χ1) is 14.3. The lowest BCUT2D eigenvalue weighted by atomic mass is 10.0. The summed E-state index contributed by atoms with van der Waals surface area (Å²) in [4.78, 5) is 21.3. The molecule has 0 aliphatic carbocycles. The largest absolute Gasteiger partial charge is 0.497 e. The Morgan fingerprint density at radius 1 is 1.33 bits per heavy atom. The molecular formula is C20H23N5O4S. The number of fused-ring (bicyclic) bond motifs is 1. The van der Waals surface area contributed by atoms with Gasteiger partial charge < -0.3 is 10.1 Å². The van der Waals surface area contributed by atoms with Crippen molar-refractivity contribution >= 4 is 21.4 Å². The maximum atomic E-state index is 12.3. The minimum Gasteiger partial charge on any atom is -0.497 e. The van der Waals surface area contributed by atoms with Gasteiger partial charge in [0.15, 0.2) is 21.3 Å². The average Bonchev–Trinajstić information content (AvgIpc) is 3.30. The van der Waals surface area contributed by atoms with Crippen molar-refractivity contribution in [3.8, 4) is 17.0 Å². The summed E-state index contributed by atoms with van der Waals surface area (Å²) in [7, 11) is -1.37. The van der Waals surface area contributed by atoms with Crippen LogP contribution in [0.25, 0.3) is 16.9 Å². The number of nitrogens with zero attached hydrogens (tertiary/aromatic N) is 4. The maximum absolute atomic E-state index is 12.3.